The van der Waals surface area contributed by atoms with E-state index >= 15 is 0 Å². The Labute approximate surface area is 266 Å². The van der Waals surface area contributed by atoms with E-state index in [1.807, 2.05) is 59.3 Å². The largest absolute Gasteiger partial charge is 0.383 e. The molecule has 4 aromatic heterocycles. The first-order chi connectivity index (χ1) is 22.0. The second-order valence-corrected chi connectivity index (χ2v) is 11.8. The third kappa shape index (κ3) is 4.96. The van der Waals surface area contributed by atoms with Gasteiger partial charge in [0.15, 0.2) is 23.6 Å². The van der Waals surface area contributed by atoms with E-state index in [-0.39, 0.29) is 11.9 Å². The Kier molecular flexibility index (Phi) is 6.89. The van der Waals surface area contributed by atoms with Crippen molar-refractivity contribution in [3.8, 4) is 22.9 Å². The first-order valence-corrected chi connectivity index (χ1v) is 15.4. The Balaban J connectivity index is 1.14. The highest BCUT2D eigenvalue weighted by Gasteiger charge is 2.28. The van der Waals surface area contributed by atoms with Crippen molar-refractivity contribution in [2.45, 2.75) is 25.2 Å². The van der Waals surface area contributed by atoms with Crippen LogP contribution < -0.4 is 11.1 Å². The molecule has 8 rings (SSSR count). The summed E-state index contributed by atoms with van der Waals surface area (Å²) in [6, 6.07) is 21.1. The van der Waals surface area contributed by atoms with Crippen LogP contribution in [0.4, 0.5) is 5.82 Å². The molecule has 5 heterocycles. The lowest BCUT2D eigenvalue weighted by Gasteiger charge is -2.17. The molecule has 6 aromatic rings. The number of anilines is 1. The number of rotatable bonds is 6. The van der Waals surface area contributed by atoms with Crippen LogP contribution in [-0.4, -0.2) is 48.4 Å². The predicted molar refractivity (Wildman–Crippen MR) is 171 cm³/mol. The molecule has 1 aliphatic heterocycles. The van der Waals surface area contributed by atoms with Crippen LogP contribution in [0.25, 0.3) is 34.1 Å². The van der Waals surface area contributed by atoms with Gasteiger partial charge in [0.2, 0.25) is 0 Å². The summed E-state index contributed by atoms with van der Waals surface area (Å²) in [5.41, 5.74) is 12.9. The number of carbonyl (C=O) groups excluding carboxylic acids is 1. The highest BCUT2D eigenvalue weighted by molar-refractivity contribution is 9.10. The Morgan fingerprint density at radius 2 is 1.87 bits per heavy atom. The van der Waals surface area contributed by atoms with Crippen LogP contribution in [0.5, 0.6) is 0 Å². The standard InChI is InChI=1S/C33H27BrN8O3/c34-25-8-4-20(18-24(25)33-44-15-16-45-33)32(43)39-26-9-5-19-17-21(6-7-22(19)26)42-30(23-3-1-12-36-29(23)35)38-27-10-11-28(40-31(27)42)41-14-2-13-37-41/h1-4,6-8,10-14,17-18,26,33H,5,9,15-16H2,(H2,35,36)(H,39,43)/t26-/m0/s1. The lowest BCUT2D eigenvalue weighted by atomic mass is 10.1. The van der Waals surface area contributed by atoms with E-state index in [4.69, 9.17) is 25.2 Å². The maximum atomic E-state index is 13.4. The van der Waals surface area contributed by atoms with E-state index in [0.717, 1.165) is 45.2 Å². The Morgan fingerprint density at radius 3 is 2.69 bits per heavy atom. The monoisotopic (exact) mass is 662 g/mol. The van der Waals surface area contributed by atoms with Crippen LogP contribution in [0.2, 0.25) is 0 Å². The zero-order valence-electron chi connectivity index (χ0n) is 23.9. The molecule has 1 saturated heterocycles. The van der Waals surface area contributed by atoms with E-state index in [0.29, 0.717) is 47.4 Å². The number of fused-ring (bicyclic) bond motifs is 2. The molecule has 0 radical (unpaired) electrons. The van der Waals surface area contributed by atoms with Crippen LogP contribution in [0.3, 0.4) is 0 Å². The number of aromatic nitrogens is 6. The summed E-state index contributed by atoms with van der Waals surface area (Å²) in [6.07, 6.45) is 6.35. The van der Waals surface area contributed by atoms with Gasteiger partial charge in [0.25, 0.3) is 5.91 Å². The van der Waals surface area contributed by atoms with Gasteiger partial charge in [-0.05, 0) is 84.6 Å². The number of hydrogen-bond acceptors (Lipinski definition) is 8. The number of amides is 1. The summed E-state index contributed by atoms with van der Waals surface area (Å²) in [6.45, 7) is 1.06. The summed E-state index contributed by atoms with van der Waals surface area (Å²) >= 11 is 3.56. The van der Waals surface area contributed by atoms with Gasteiger partial charge in [-0.3, -0.25) is 9.36 Å². The zero-order valence-corrected chi connectivity index (χ0v) is 25.5. The van der Waals surface area contributed by atoms with E-state index in [9.17, 15) is 4.79 Å². The first kappa shape index (κ1) is 27.6. The maximum absolute atomic E-state index is 13.4. The normalized spacial score (nSPS) is 16.3. The summed E-state index contributed by atoms with van der Waals surface area (Å²) in [7, 11) is 0. The number of nitrogen functional groups attached to an aromatic ring is 1. The molecule has 0 saturated carbocycles. The van der Waals surface area contributed by atoms with Crippen molar-refractivity contribution < 1.29 is 14.3 Å². The minimum absolute atomic E-state index is 0.120. The van der Waals surface area contributed by atoms with Gasteiger partial charge in [-0.15, -0.1) is 0 Å². The molecule has 0 bridgehead atoms. The average Bonchev–Trinajstić information content (AvgIpc) is 3.88. The van der Waals surface area contributed by atoms with Gasteiger partial charge in [0.05, 0.1) is 24.8 Å². The molecule has 45 heavy (non-hydrogen) atoms. The molecule has 2 aromatic carbocycles. The number of benzene rings is 2. The van der Waals surface area contributed by atoms with Crippen LogP contribution >= 0.6 is 15.9 Å². The summed E-state index contributed by atoms with van der Waals surface area (Å²) in [5.74, 6) is 1.55. The minimum Gasteiger partial charge on any atom is -0.383 e. The lowest BCUT2D eigenvalue weighted by molar-refractivity contribution is -0.0446. The number of carbonyl (C=O) groups is 1. The molecule has 224 valence electrons. The third-order valence-electron chi connectivity index (χ3n) is 8.21. The summed E-state index contributed by atoms with van der Waals surface area (Å²) in [4.78, 5) is 27.6. The van der Waals surface area contributed by atoms with E-state index < -0.39 is 6.29 Å². The highest BCUT2D eigenvalue weighted by atomic mass is 79.9. The molecule has 1 atom stereocenters. The number of nitrogens with two attached hydrogens (primary N) is 1. The Hall–Kier alpha value is -4.91. The fourth-order valence-electron chi connectivity index (χ4n) is 6.05. The van der Waals surface area contributed by atoms with E-state index in [2.05, 4.69) is 43.5 Å². The number of halogens is 1. The van der Waals surface area contributed by atoms with Crippen molar-refractivity contribution in [3.63, 3.8) is 0 Å². The SMILES string of the molecule is Nc1ncccc1-c1nc2ccc(-n3cccn3)nc2n1-c1ccc2c(c1)CC[C@@H]2NC(=O)c1ccc(Br)c(C2OCCO2)c1. The van der Waals surface area contributed by atoms with Gasteiger partial charge in [0.1, 0.15) is 11.3 Å². The topological polar surface area (TPSA) is 135 Å². The van der Waals surface area contributed by atoms with E-state index in [1.54, 1.807) is 23.1 Å². The van der Waals surface area contributed by atoms with Crippen LogP contribution in [0.15, 0.2) is 89.8 Å². The predicted octanol–water partition coefficient (Wildman–Crippen LogP) is 5.48. The molecular weight excluding hydrogens is 636 g/mol. The second kappa shape index (κ2) is 11.2. The zero-order chi connectivity index (χ0) is 30.5. The quantitative estimate of drug-likeness (QED) is 0.240. The van der Waals surface area contributed by atoms with Crippen molar-refractivity contribution in [2.75, 3.05) is 18.9 Å². The highest BCUT2D eigenvalue weighted by Crippen LogP contribution is 2.37. The number of hydrogen-bond donors (Lipinski definition) is 2. The molecule has 0 unspecified atom stereocenters. The average molecular weight is 664 g/mol. The van der Waals surface area contributed by atoms with Crippen LogP contribution in [0, 0.1) is 0 Å². The fourth-order valence-corrected chi connectivity index (χ4v) is 6.48. The van der Waals surface area contributed by atoms with Crippen molar-refractivity contribution in [3.05, 3.63) is 112 Å². The smallest absolute Gasteiger partial charge is 0.251 e. The molecular formula is C33H27BrN8O3. The van der Waals surface area contributed by atoms with Crippen LogP contribution in [-0.2, 0) is 15.9 Å². The van der Waals surface area contributed by atoms with E-state index in [1.165, 1.54) is 0 Å². The molecule has 12 heteroatoms. The number of nitrogens with one attached hydrogen (secondary N) is 1. The van der Waals surface area contributed by atoms with Gasteiger partial charge < -0.3 is 20.5 Å². The first-order valence-electron chi connectivity index (χ1n) is 14.6. The summed E-state index contributed by atoms with van der Waals surface area (Å²) in [5, 5.41) is 7.59. The third-order valence-corrected chi connectivity index (χ3v) is 8.93. The van der Waals surface area contributed by atoms with Crippen molar-refractivity contribution in [2.24, 2.45) is 0 Å². The fraction of sp³-hybridized carbons (Fsp3) is 0.182. The number of pyridine rings is 2. The van der Waals surface area contributed by atoms with Crippen molar-refractivity contribution in [1.29, 1.82) is 0 Å². The summed E-state index contributed by atoms with van der Waals surface area (Å²) < 4.78 is 15.9. The maximum Gasteiger partial charge on any atom is 0.251 e. The van der Waals surface area contributed by atoms with Crippen molar-refractivity contribution in [1.82, 2.24) is 34.6 Å². The molecule has 2 aliphatic rings. The molecule has 1 fully saturated rings. The Morgan fingerprint density at radius 1 is 0.978 bits per heavy atom. The molecule has 1 amide bonds. The molecule has 11 nitrogen and oxygen atoms in total. The molecule has 1 aliphatic carbocycles. The number of nitrogens with zero attached hydrogens (tertiary/aromatic N) is 6. The number of ether oxygens (including phenoxy) is 2. The number of aryl methyl sites for hydroxylation is 1. The Bertz CT molecular complexity index is 2070. The minimum atomic E-state index is -0.478. The van der Waals surface area contributed by atoms with Crippen LogP contribution in [0.1, 0.15) is 45.8 Å². The number of imidazole rings is 1. The van der Waals surface area contributed by atoms with Gasteiger partial charge in [-0.1, -0.05) is 22.0 Å². The molecule has 0 spiro atoms. The van der Waals surface area contributed by atoms with Crippen molar-refractivity contribution >= 4 is 38.8 Å². The van der Waals surface area contributed by atoms with Gasteiger partial charge in [0, 0.05) is 39.9 Å². The second-order valence-electron chi connectivity index (χ2n) is 10.9. The van der Waals surface area contributed by atoms with Gasteiger partial charge in [-0.25, -0.2) is 19.6 Å². The lowest BCUT2D eigenvalue weighted by Crippen LogP contribution is -2.27. The van der Waals surface area contributed by atoms with Gasteiger partial charge in [-0.2, -0.15) is 5.10 Å². The van der Waals surface area contributed by atoms with Gasteiger partial charge >= 0.3 is 0 Å². The molecule has 3 N–H and O–H groups in total.